The molecule has 6 rings (SSSR count). The molecule has 9 nitrogen and oxygen atoms in total. The molecule has 2 fully saturated rings. The summed E-state index contributed by atoms with van der Waals surface area (Å²) in [5.74, 6) is 7.03. The van der Waals surface area contributed by atoms with Crippen LogP contribution >= 0.6 is 24.8 Å². The third kappa shape index (κ3) is 15.7. The maximum absolute atomic E-state index is 5.88. The van der Waals surface area contributed by atoms with Crippen molar-refractivity contribution in [2.24, 2.45) is 0 Å². The molecule has 3 heterocycles. The highest BCUT2D eigenvalue weighted by Gasteiger charge is 2.23. The molecule has 0 spiro atoms. The molecule has 2 atom stereocenters. The maximum atomic E-state index is 5.88. The van der Waals surface area contributed by atoms with Gasteiger partial charge >= 0.3 is 0 Å². The van der Waals surface area contributed by atoms with E-state index in [4.69, 9.17) is 28.4 Å². The lowest BCUT2D eigenvalue weighted by Gasteiger charge is -2.26. The average molecular weight is 899 g/mol. The van der Waals surface area contributed by atoms with E-state index in [1.165, 1.54) is 53.5 Å². The lowest BCUT2D eigenvalue weighted by atomic mass is 9.89. The van der Waals surface area contributed by atoms with Crippen molar-refractivity contribution in [3.05, 3.63) is 88.7 Å². The Morgan fingerprint density at radius 3 is 1.24 bits per heavy atom. The van der Waals surface area contributed by atoms with Crippen LogP contribution in [0.5, 0.6) is 34.5 Å². The van der Waals surface area contributed by atoms with Crippen molar-refractivity contribution in [2.75, 3.05) is 65.8 Å². The van der Waals surface area contributed by atoms with E-state index in [0.717, 1.165) is 91.1 Å². The van der Waals surface area contributed by atoms with Gasteiger partial charge in [-0.25, -0.2) is 0 Å². The first kappa shape index (κ1) is 54.2. The molecular weight excluding hydrogens is 821 g/mol. The van der Waals surface area contributed by atoms with E-state index in [9.17, 15) is 0 Å². The van der Waals surface area contributed by atoms with Crippen LogP contribution in [-0.4, -0.2) is 70.8 Å². The van der Waals surface area contributed by atoms with Gasteiger partial charge < -0.3 is 39.1 Å². The van der Waals surface area contributed by atoms with E-state index in [0.29, 0.717) is 51.5 Å². The maximum Gasteiger partial charge on any atom is 0.127 e. The Morgan fingerprint density at radius 2 is 0.887 bits per heavy atom. The van der Waals surface area contributed by atoms with E-state index in [-0.39, 0.29) is 24.8 Å². The van der Waals surface area contributed by atoms with Gasteiger partial charge in [-0.1, -0.05) is 26.8 Å². The van der Waals surface area contributed by atoms with Crippen molar-refractivity contribution < 1.29 is 28.4 Å². The molecular formula is C51H77Cl2N3O6. The van der Waals surface area contributed by atoms with Gasteiger partial charge in [0.2, 0.25) is 0 Å². The monoisotopic (exact) mass is 898 g/mol. The molecule has 0 aliphatic carbocycles. The van der Waals surface area contributed by atoms with Crippen LogP contribution < -0.4 is 39.1 Å². The third-order valence-electron chi connectivity index (χ3n) is 10.9. The van der Waals surface area contributed by atoms with Crippen LogP contribution in [0.25, 0.3) is 11.1 Å². The lowest BCUT2D eigenvalue weighted by molar-refractivity contribution is 0.319. The molecule has 11 heteroatoms. The minimum atomic E-state index is 0. The number of benzene rings is 3. The molecule has 0 saturated carbocycles. The molecule has 3 aromatic carbocycles. The number of piperidine rings is 2. The Hall–Kier alpha value is -3.89. The van der Waals surface area contributed by atoms with Crippen LogP contribution in [0.4, 0.5) is 0 Å². The van der Waals surface area contributed by atoms with Gasteiger partial charge in [-0.3, -0.25) is 4.98 Å². The summed E-state index contributed by atoms with van der Waals surface area (Å²) in [4.78, 5) is 4.18. The molecule has 62 heavy (non-hydrogen) atoms. The molecule has 346 valence electrons. The van der Waals surface area contributed by atoms with Crippen LogP contribution in [0.1, 0.15) is 128 Å². The van der Waals surface area contributed by atoms with E-state index < -0.39 is 0 Å². The zero-order valence-corrected chi connectivity index (χ0v) is 40.8. The smallest absolute Gasteiger partial charge is 0.127 e. The minimum Gasteiger partial charge on any atom is -0.494 e. The van der Waals surface area contributed by atoms with Gasteiger partial charge in [-0.2, -0.15) is 0 Å². The largest absolute Gasteiger partial charge is 0.494 e. The van der Waals surface area contributed by atoms with Gasteiger partial charge in [-0.15, -0.1) is 24.8 Å². The molecule has 0 amide bonds. The highest BCUT2D eigenvalue weighted by molar-refractivity contribution is 5.85. The Balaban J connectivity index is 0.000000315. The number of aromatic nitrogens is 1. The van der Waals surface area contributed by atoms with Crippen molar-refractivity contribution in [1.82, 2.24) is 15.6 Å². The number of hydrogen-bond acceptors (Lipinski definition) is 9. The number of hydrogen-bond donors (Lipinski definition) is 2. The SMILES string of the molecule is CCOc1cc(-c2cccnc2)c(OCC)cc1CC.CCOc1cc([C@@H]2CCCNC2)c(OCC)cc1CC.CCOc1cc([C@H]2CCCNC2)c(OCC)cc1CC.Cl.Cl. The van der Waals surface area contributed by atoms with Crippen LogP contribution in [-0.2, 0) is 19.3 Å². The van der Waals surface area contributed by atoms with Crippen LogP contribution in [0.15, 0.2) is 60.9 Å². The number of rotatable bonds is 18. The molecule has 2 aliphatic rings. The first-order chi connectivity index (χ1) is 29.4. The molecule has 0 bridgehead atoms. The van der Waals surface area contributed by atoms with Gasteiger partial charge in [0.1, 0.15) is 34.5 Å². The normalized spacial score (nSPS) is 15.5. The fourth-order valence-corrected chi connectivity index (χ4v) is 7.99. The van der Waals surface area contributed by atoms with E-state index in [2.05, 4.69) is 72.8 Å². The summed E-state index contributed by atoms with van der Waals surface area (Å²) in [5, 5.41) is 6.97. The Bertz CT molecular complexity index is 1750. The lowest BCUT2D eigenvalue weighted by Crippen LogP contribution is -2.28. The average Bonchev–Trinajstić information content (AvgIpc) is 3.29. The number of pyridine rings is 1. The summed E-state index contributed by atoms with van der Waals surface area (Å²) >= 11 is 0. The fraction of sp³-hybridized carbons (Fsp3) is 0.549. The van der Waals surface area contributed by atoms with Crippen LogP contribution in [0, 0.1) is 0 Å². The Kier molecular flexibility index (Phi) is 26.5. The minimum absolute atomic E-state index is 0. The quantitative estimate of drug-likeness (QED) is 0.101. The summed E-state index contributed by atoms with van der Waals surface area (Å²) in [5.41, 5.74) is 8.33. The number of ether oxygens (including phenoxy) is 6. The number of aryl methyl sites for hydroxylation is 3. The molecule has 0 radical (unpaired) electrons. The van der Waals surface area contributed by atoms with E-state index in [1.54, 1.807) is 6.20 Å². The Labute approximate surface area is 386 Å². The van der Waals surface area contributed by atoms with E-state index >= 15 is 0 Å². The van der Waals surface area contributed by atoms with Gasteiger partial charge in [0.25, 0.3) is 0 Å². The van der Waals surface area contributed by atoms with Gasteiger partial charge in [0, 0.05) is 59.6 Å². The summed E-state index contributed by atoms with van der Waals surface area (Å²) in [6, 6.07) is 16.9. The number of nitrogens with one attached hydrogen (secondary N) is 2. The fourth-order valence-electron chi connectivity index (χ4n) is 7.99. The van der Waals surface area contributed by atoms with Crippen molar-refractivity contribution in [3.8, 4) is 45.6 Å². The molecule has 4 aromatic rings. The summed E-state index contributed by atoms with van der Waals surface area (Å²) in [6.45, 7) is 27.1. The third-order valence-corrected chi connectivity index (χ3v) is 10.9. The van der Waals surface area contributed by atoms with Crippen molar-refractivity contribution >= 4 is 24.8 Å². The van der Waals surface area contributed by atoms with Gasteiger partial charge in [-0.05, 0) is 159 Å². The predicted molar refractivity (Wildman–Crippen MR) is 262 cm³/mol. The predicted octanol–water partition coefficient (Wildman–Crippen LogP) is 12.0. The van der Waals surface area contributed by atoms with Crippen LogP contribution in [0.3, 0.4) is 0 Å². The molecule has 0 unspecified atom stereocenters. The van der Waals surface area contributed by atoms with Crippen molar-refractivity contribution in [2.45, 2.75) is 119 Å². The van der Waals surface area contributed by atoms with Crippen LogP contribution in [0.2, 0.25) is 0 Å². The topological polar surface area (TPSA) is 92.3 Å². The standard InChI is InChI=1S/2C17H27NO2.C17H21NO2.2ClH/c3*1-4-13-10-17(20-6-3)15(11-16(13)19-5-2)14-8-7-9-18-12-14;;/h2*10-11,14,18H,4-9,12H2,1-3H3;7-12H,4-6H2,1-3H3;2*1H/t2*14-;;;/m10.../s1. The zero-order chi connectivity index (χ0) is 43.1. The highest BCUT2D eigenvalue weighted by atomic mass is 35.5. The molecule has 2 saturated heterocycles. The second-order valence-corrected chi connectivity index (χ2v) is 14.9. The first-order valence-electron chi connectivity index (χ1n) is 23.0. The second-order valence-electron chi connectivity index (χ2n) is 14.9. The zero-order valence-electron chi connectivity index (χ0n) is 39.2. The molecule has 1 aromatic heterocycles. The summed E-state index contributed by atoms with van der Waals surface area (Å²) in [6.07, 6.45) is 11.4. The molecule has 2 N–H and O–H groups in total. The van der Waals surface area contributed by atoms with Crippen molar-refractivity contribution in [1.29, 1.82) is 0 Å². The highest BCUT2D eigenvalue weighted by Crippen LogP contribution is 2.39. The summed E-state index contributed by atoms with van der Waals surface area (Å²) < 4.78 is 34.9. The van der Waals surface area contributed by atoms with Gasteiger partial charge in [0.15, 0.2) is 0 Å². The second kappa shape index (κ2) is 30.2. The van der Waals surface area contributed by atoms with Gasteiger partial charge in [0.05, 0.1) is 39.6 Å². The molecule has 2 aliphatic heterocycles. The summed E-state index contributed by atoms with van der Waals surface area (Å²) in [7, 11) is 0. The number of halogens is 2. The Morgan fingerprint density at radius 1 is 0.500 bits per heavy atom. The first-order valence-corrected chi connectivity index (χ1v) is 23.0. The van der Waals surface area contributed by atoms with Crippen molar-refractivity contribution in [3.63, 3.8) is 0 Å². The van der Waals surface area contributed by atoms with E-state index in [1.807, 2.05) is 59.9 Å². The number of nitrogens with zero attached hydrogens (tertiary/aromatic N) is 1.